The maximum Gasteiger partial charge on any atom is 0.0992 e. The van der Waals surface area contributed by atoms with Crippen LogP contribution in [-0.2, 0) is 0 Å². The Hall–Kier alpha value is -6.10. The van der Waals surface area contributed by atoms with Gasteiger partial charge in [0.05, 0.1) is 34.7 Å². The summed E-state index contributed by atoms with van der Waals surface area (Å²) in [4.78, 5) is 9.10. The molecule has 0 aliphatic heterocycles. The largest absolute Gasteiger partial charge is 0.256 e. The fraction of sp³-hybridized carbons (Fsp3) is 0.0732. The number of aromatic nitrogens is 2. The number of hydrogen-bond donors (Lipinski definition) is 0. The minimum Gasteiger partial charge on any atom is -0.256 e. The lowest BCUT2D eigenvalue weighted by molar-refractivity contribution is 0.653. The average molecular weight is 575 g/mol. The van der Waals surface area contributed by atoms with E-state index in [0.29, 0.717) is 17.0 Å². The minimum atomic E-state index is 0.178. The second-order valence-corrected chi connectivity index (χ2v) is 11.7. The van der Waals surface area contributed by atoms with E-state index in [9.17, 15) is 10.5 Å². The summed E-state index contributed by atoms with van der Waals surface area (Å²) in [6.07, 6.45) is 5.80. The number of benzene rings is 5. The van der Waals surface area contributed by atoms with Gasteiger partial charge in [-0.1, -0.05) is 85.8 Å². The first kappa shape index (κ1) is 26.5. The summed E-state index contributed by atoms with van der Waals surface area (Å²) in [5, 5.41) is 25.1. The normalized spacial score (nSPS) is 15.4. The number of pyridine rings is 2. The van der Waals surface area contributed by atoms with Gasteiger partial charge in [0.1, 0.15) is 0 Å². The fourth-order valence-electron chi connectivity index (χ4n) is 7.05. The molecule has 2 unspecified atom stereocenters. The van der Waals surface area contributed by atoms with Crippen LogP contribution < -0.4 is 5.22 Å². The van der Waals surface area contributed by atoms with Crippen LogP contribution in [0.15, 0.2) is 122 Å². The van der Waals surface area contributed by atoms with Crippen LogP contribution in [0, 0.1) is 28.6 Å². The minimum absolute atomic E-state index is 0.178. The van der Waals surface area contributed by atoms with Gasteiger partial charge >= 0.3 is 0 Å². The predicted molar refractivity (Wildman–Crippen MR) is 180 cm³/mol. The number of hydrogen-bond acceptors (Lipinski definition) is 4. The van der Waals surface area contributed by atoms with Gasteiger partial charge in [0.25, 0.3) is 0 Å². The molecule has 5 aromatic carbocycles. The Labute approximate surface area is 261 Å². The standard InChI is InChI=1S/C41H26N4/c1-25-18-33-10-12-35-34(29-4-2-5-30(21-29)37-19-26(23-42)14-16-44-37)11-8-28-9-13-36(41(33)40(28)35)39(25)32-7-3-6-31(22-32)38-20-27(24-43)15-17-45-38/h2-22,25,39H,1H3. The van der Waals surface area contributed by atoms with Crippen molar-refractivity contribution in [2.45, 2.75) is 12.8 Å². The summed E-state index contributed by atoms with van der Waals surface area (Å²) in [6.45, 7) is 2.30. The molecule has 45 heavy (non-hydrogen) atoms. The van der Waals surface area contributed by atoms with Gasteiger partial charge in [-0.25, -0.2) is 0 Å². The Morgan fingerprint density at radius 2 is 1.29 bits per heavy atom. The summed E-state index contributed by atoms with van der Waals surface area (Å²) >= 11 is 0. The summed E-state index contributed by atoms with van der Waals surface area (Å²) in [7, 11) is 0. The number of nitriles is 2. The Morgan fingerprint density at radius 1 is 0.622 bits per heavy atom. The molecule has 2 heterocycles. The van der Waals surface area contributed by atoms with Crippen molar-refractivity contribution in [2.75, 3.05) is 0 Å². The molecule has 0 saturated carbocycles. The van der Waals surface area contributed by atoms with E-state index in [-0.39, 0.29) is 5.92 Å². The first-order chi connectivity index (χ1) is 22.1. The highest BCUT2D eigenvalue weighted by molar-refractivity contribution is 6.16. The molecule has 8 rings (SSSR count). The van der Waals surface area contributed by atoms with Crippen LogP contribution in [-0.4, -0.2) is 9.97 Å². The molecule has 4 heteroatoms. The van der Waals surface area contributed by atoms with Crippen molar-refractivity contribution in [3.05, 3.63) is 149 Å². The molecular formula is C41H26N4. The topological polar surface area (TPSA) is 73.4 Å². The van der Waals surface area contributed by atoms with Crippen LogP contribution in [0.4, 0.5) is 0 Å². The maximum atomic E-state index is 9.42. The van der Waals surface area contributed by atoms with E-state index in [4.69, 9.17) is 0 Å². The van der Waals surface area contributed by atoms with E-state index in [0.717, 1.165) is 28.1 Å². The van der Waals surface area contributed by atoms with Crippen LogP contribution in [0.1, 0.15) is 35.1 Å². The summed E-state index contributed by atoms with van der Waals surface area (Å²) in [5.41, 5.74) is 9.65. The quantitative estimate of drug-likeness (QED) is 0.211. The van der Waals surface area contributed by atoms with Gasteiger partial charge < -0.3 is 0 Å². The molecule has 210 valence electrons. The smallest absolute Gasteiger partial charge is 0.0992 e. The van der Waals surface area contributed by atoms with Crippen molar-refractivity contribution in [3.8, 4) is 45.8 Å². The molecule has 0 bridgehead atoms. The molecule has 0 saturated heterocycles. The van der Waals surface area contributed by atoms with Gasteiger partial charge in [-0.2, -0.15) is 10.5 Å². The van der Waals surface area contributed by atoms with Crippen molar-refractivity contribution in [1.82, 2.24) is 9.97 Å². The molecule has 0 fully saturated rings. The molecule has 2 aromatic heterocycles. The third kappa shape index (κ3) is 4.44. The number of rotatable bonds is 4. The maximum absolute atomic E-state index is 9.42. The second-order valence-electron chi connectivity index (χ2n) is 11.7. The molecule has 7 aromatic rings. The Morgan fingerprint density at radius 3 is 2.02 bits per heavy atom. The highest BCUT2D eigenvalue weighted by atomic mass is 14.7. The molecule has 4 nitrogen and oxygen atoms in total. The monoisotopic (exact) mass is 574 g/mol. The van der Waals surface area contributed by atoms with E-state index < -0.39 is 0 Å². The van der Waals surface area contributed by atoms with E-state index >= 15 is 0 Å². The molecular weight excluding hydrogens is 548 g/mol. The molecule has 0 radical (unpaired) electrons. The van der Waals surface area contributed by atoms with Gasteiger partial charge in [-0.15, -0.1) is 0 Å². The van der Waals surface area contributed by atoms with Gasteiger partial charge in [0, 0.05) is 29.4 Å². The molecule has 0 N–H and O–H groups in total. The first-order valence-electron chi connectivity index (χ1n) is 15.0. The molecule has 1 aliphatic carbocycles. The van der Waals surface area contributed by atoms with E-state index in [2.05, 4.69) is 114 Å². The third-order valence-corrected chi connectivity index (χ3v) is 9.07. The van der Waals surface area contributed by atoms with Crippen LogP contribution in [0.25, 0.3) is 61.3 Å². The van der Waals surface area contributed by atoms with Crippen molar-refractivity contribution in [2.24, 2.45) is 5.92 Å². The van der Waals surface area contributed by atoms with Gasteiger partial charge in [-0.3, -0.25) is 9.97 Å². The summed E-state index contributed by atoms with van der Waals surface area (Å²) in [5.74, 6) is 0.471. The fourth-order valence-corrected chi connectivity index (χ4v) is 7.05. The van der Waals surface area contributed by atoms with Gasteiger partial charge in [0.2, 0.25) is 0 Å². The highest BCUT2D eigenvalue weighted by Crippen LogP contribution is 2.43. The van der Waals surface area contributed by atoms with Gasteiger partial charge in [0.15, 0.2) is 0 Å². The predicted octanol–water partition coefficient (Wildman–Crippen LogP) is 8.81. The summed E-state index contributed by atoms with van der Waals surface area (Å²) in [6, 6.07) is 42.2. The lowest BCUT2D eigenvalue weighted by Gasteiger charge is -2.29. The van der Waals surface area contributed by atoms with Crippen LogP contribution in [0.3, 0.4) is 0 Å². The van der Waals surface area contributed by atoms with Gasteiger partial charge in [-0.05, 0) is 91.3 Å². The zero-order valence-electron chi connectivity index (χ0n) is 24.6. The van der Waals surface area contributed by atoms with Crippen molar-refractivity contribution < 1.29 is 0 Å². The van der Waals surface area contributed by atoms with Crippen LogP contribution in [0.2, 0.25) is 0 Å². The summed E-state index contributed by atoms with van der Waals surface area (Å²) < 4.78 is 0. The molecule has 0 spiro atoms. The Balaban J connectivity index is 1.28. The third-order valence-electron chi connectivity index (χ3n) is 9.07. The van der Waals surface area contributed by atoms with Crippen molar-refractivity contribution in [1.29, 1.82) is 10.5 Å². The van der Waals surface area contributed by atoms with Crippen molar-refractivity contribution in [3.63, 3.8) is 0 Å². The number of nitrogens with zero attached hydrogens (tertiary/aromatic N) is 4. The SMILES string of the molecule is CC1C=c2ccc3c(-c4cccc(-c5cc(C#N)ccn5)c4)ccc4ccc(c2c43)C1c1cccc(-c2cc(C#N)ccn2)c1. The first-order valence-corrected chi connectivity index (χ1v) is 15.0. The lowest BCUT2D eigenvalue weighted by Crippen LogP contribution is -2.21. The van der Waals surface area contributed by atoms with E-state index in [1.54, 1.807) is 24.5 Å². The second kappa shape index (κ2) is 10.6. The zero-order valence-corrected chi connectivity index (χ0v) is 24.6. The molecule has 2 atom stereocenters. The Kier molecular flexibility index (Phi) is 6.22. The Bertz CT molecular complexity index is 2440. The van der Waals surface area contributed by atoms with E-state index in [1.807, 2.05) is 18.2 Å². The lowest BCUT2D eigenvalue weighted by atomic mass is 9.74. The average Bonchev–Trinajstić information content (AvgIpc) is 3.10. The van der Waals surface area contributed by atoms with Crippen LogP contribution in [0.5, 0.6) is 0 Å². The van der Waals surface area contributed by atoms with Crippen LogP contribution >= 0.6 is 0 Å². The highest BCUT2D eigenvalue weighted by Gasteiger charge is 2.27. The molecule has 0 amide bonds. The molecule has 1 aliphatic rings. The zero-order chi connectivity index (χ0) is 30.5. The van der Waals surface area contributed by atoms with Crippen molar-refractivity contribution >= 4 is 27.6 Å². The van der Waals surface area contributed by atoms with E-state index in [1.165, 1.54) is 43.5 Å².